The maximum atomic E-state index is 13.0. The minimum atomic E-state index is -1.03. The van der Waals surface area contributed by atoms with Crippen molar-refractivity contribution in [1.29, 1.82) is 0 Å². The quantitative estimate of drug-likeness (QED) is 0.547. The first-order valence-electron chi connectivity index (χ1n) is 12.3. The molecule has 0 radical (unpaired) electrons. The van der Waals surface area contributed by atoms with Crippen molar-refractivity contribution in [3.05, 3.63) is 59.7 Å². The van der Waals surface area contributed by atoms with Gasteiger partial charge in [-0.3, -0.25) is 9.59 Å². The van der Waals surface area contributed by atoms with E-state index in [9.17, 15) is 19.5 Å². The second kappa shape index (κ2) is 10.1. The first-order chi connectivity index (χ1) is 16.6. The molecule has 0 aliphatic heterocycles. The third-order valence-electron chi connectivity index (χ3n) is 6.98. The van der Waals surface area contributed by atoms with Crippen LogP contribution in [0.3, 0.4) is 0 Å². The highest BCUT2D eigenvalue weighted by Gasteiger charge is 2.36. The van der Waals surface area contributed by atoms with Crippen LogP contribution in [0.4, 0.5) is 4.79 Å². The Balaban J connectivity index is 1.34. The lowest BCUT2D eigenvalue weighted by atomic mass is 9.96. The molecule has 0 aromatic heterocycles. The van der Waals surface area contributed by atoms with Gasteiger partial charge < -0.3 is 20.1 Å². The minimum absolute atomic E-state index is 0.00896. The second-order valence-corrected chi connectivity index (χ2v) is 10.6. The highest BCUT2D eigenvalue weighted by molar-refractivity contribution is 5.82. The number of carboxylic acid groups (broad SMARTS) is 1. The van der Waals surface area contributed by atoms with E-state index in [1.165, 1.54) is 16.0 Å². The number of alkyl carbamates (subject to hydrolysis) is 1. The van der Waals surface area contributed by atoms with Crippen molar-refractivity contribution in [3.63, 3.8) is 0 Å². The summed E-state index contributed by atoms with van der Waals surface area (Å²) < 4.78 is 5.63. The van der Waals surface area contributed by atoms with Crippen LogP contribution in [0.25, 0.3) is 11.1 Å². The standard InChI is InChI=1S/C28H34N2O5/c1-28(2,3)30(16-26(32)33)25(31)14-19(18-12-13-18)15-29-27(34)35-17-24-22-10-6-4-8-20(22)21-9-5-7-11-23(21)24/h4-11,18-19,24H,12-17H2,1-3H3,(H,29,34)(H,32,33). The summed E-state index contributed by atoms with van der Waals surface area (Å²) >= 11 is 0. The monoisotopic (exact) mass is 478 g/mol. The molecular formula is C28H34N2O5. The molecule has 4 rings (SSSR count). The summed E-state index contributed by atoms with van der Waals surface area (Å²) in [5.41, 5.74) is 4.07. The zero-order valence-electron chi connectivity index (χ0n) is 20.6. The Bertz CT molecular complexity index is 1060. The van der Waals surface area contributed by atoms with Crippen molar-refractivity contribution in [1.82, 2.24) is 10.2 Å². The van der Waals surface area contributed by atoms with Crippen LogP contribution in [0.5, 0.6) is 0 Å². The van der Waals surface area contributed by atoms with Gasteiger partial charge in [0, 0.05) is 24.4 Å². The molecule has 2 aliphatic rings. The molecule has 2 amide bonds. The molecular weight excluding hydrogens is 444 g/mol. The Morgan fingerprint density at radius 1 is 1.03 bits per heavy atom. The van der Waals surface area contributed by atoms with Gasteiger partial charge in [0.2, 0.25) is 5.91 Å². The highest BCUT2D eigenvalue weighted by Crippen LogP contribution is 2.44. The van der Waals surface area contributed by atoms with E-state index in [4.69, 9.17) is 4.74 Å². The van der Waals surface area contributed by atoms with E-state index in [2.05, 4.69) is 29.6 Å². The van der Waals surface area contributed by atoms with Crippen molar-refractivity contribution in [2.75, 3.05) is 19.7 Å². The fourth-order valence-electron chi connectivity index (χ4n) is 5.01. The van der Waals surface area contributed by atoms with Gasteiger partial charge in [-0.1, -0.05) is 48.5 Å². The lowest BCUT2D eigenvalue weighted by Gasteiger charge is -2.35. The Morgan fingerprint density at radius 2 is 1.60 bits per heavy atom. The van der Waals surface area contributed by atoms with E-state index in [-0.39, 0.29) is 37.3 Å². The molecule has 1 saturated carbocycles. The molecule has 1 unspecified atom stereocenters. The number of carbonyl (C=O) groups is 3. The summed E-state index contributed by atoms with van der Waals surface area (Å²) in [4.78, 5) is 38.2. The van der Waals surface area contributed by atoms with Crippen LogP contribution < -0.4 is 5.32 Å². The van der Waals surface area contributed by atoms with Crippen molar-refractivity contribution < 1.29 is 24.2 Å². The SMILES string of the molecule is CC(C)(C)N(CC(=O)O)C(=O)CC(CNC(=O)OCC1c2ccccc2-c2ccccc21)C1CC1. The number of nitrogens with zero attached hydrogens (tertiary/aromatic N) is 1. The average Bonchev–Trinajstić information content (AvgIpc) is 3.61. The summed E-state index contributed by atoms with van der Waals surface area (Å²) in [5, 5.41) is 12.1. The summed E-state index contributed by atoms with van der Waals surface area (Å²) in [6, 6.07) is 16.4. The lowest BCUT2D eigenvalue weighted by molar-refractivity contribution is -0.148. The Kier molecular flexibility index (Phi) is 7.15. The summed E-state index contributed by atoms with van der Waals surface area (Å²) in [6.45, 7) is 5.72. The van der Waals surface area contributed by atoms with E-state index >= 15 is 0 Å². The third kappa shape index (κ3) is 5.84. The maximum Gasteiger partial charge on any atom is 0.407 e. The van der Waals surface area contributed by atoms with Crippen molar-refractivity contribution >= 4 is 18.0 Å². The number of hydrogen-bond donors (Lipinski definition) is 2. The number of fused-ring (bicyclic) bond motifs is 3. The van der Waals surface area contributed by atoms with Crippen LogP contribution in [0, 0.1) is 11.8 Å². The van der Waals surface area contributed by atoms with Crippen LogP contribution in [-0.4, -0.2) is 53.2 Å². The molecule has 1 atom stereocenters. The second-order valence-electron chi connectivity index (χ2n) is 10.6. The van der Waals surface area contributed by atoms with Crippen LogP contribution >= 0.6 is 0 Å². The number of benzene rings is 2. The molecule has 2 aromatic rings. The highest BCUT2D eigenvalue weighted by atomic mass is 16.5. The lowest BCUT2D eigenvalue weighted by Crippen LogP contribution is -2.49. The van der Waals surface area contributed by atoms with Crippen molar-refractivity contribution in [3.8, 4) is 11.1 Å². The maximum absolute atomic E-state index is 13.0. The van der Waals surface area contributed by atoms with Gasteiger partial charge in [0.05, 0.1) is 0 Å². The van der Waals surface area contributed by atoms with Gasteiger partial charge in [-0.2, -0.15) is 0 Å². The molecule has 7 nitrogen and oxygen atoms in total. The minimum Gasteiger partial charge on any atom is -0.480 e. The van der Waals surface area contributed by atoms with E-state index in [1.54, 1.807) is 0 Å². The van der Waals surface area contributed by atoms with Crippen LogP contribution in [-0.2, 0) is 14.3 Å². The molecule has 186 valence electrons. The predicted molar refractivity (Wildman–Crippen MR) is 133 cm³/mol. The normalized spacial score (nSPS) is 15.6. The van der Waals surface area contributed by atoms with Crippen LogP contribution in [0.1, 0.15) is 57.1 Å². The Hall–Kier alpha value is -3.35. The zero-order valence-corrected chi connectivity index (χ0v) is 20.6. The van der Waals surface area contributed by atoms with Gasteiger partial charge in [0.1, 0.15) is 13.2 Å². The fraction of sp³-hybridized carbons (Fsp3) is 0.464. The van der Waals surface area contributed by atoms with Gasteiger partial charge in [0.25, 0.3) is 0 Å². The van der Waals surface area contributed by atoms with Crippen molar-refractivity contribution in [2.45, 2.75) is 51.5 Å². The molecule has 2 aromatic carbocycles. The number of rotatable bonds is 9. The number of carbonyl (C=O) groups excluding carboxylic acids is 2. The molecule has 2 N–H and O–H groups in total. The van der Waals surface area contributed by atoms with Gasteiger partial charge in [-0.25, -0.2) is 4.79 Å². The van der Waals surface area contributed by atoms with Gasteiger partial charge in [-0.15, -0.1) is 0 Å². The largest absolute Gasteiger partial charge is 0.480 e. The number of hydrogen-bond acceptors (Lipinski definition) is 4. The number of aliphatic carboxylic acids is 1. The first kappa shape index (κ1) is 24.8. The first-order valence-corrected chi connectivity index (χ1v) is 12.3. The number of ether oxygens (including phenoxy) is 1. The van der Waals surface area contributed by atoms with Gasteiger partial charge in [0.15, 0.2) is 0 Å². The third-order valence-corrected chi connectivity index (χ3v) is 6.98. The smallest absolute Gasteiger partial charge is 0.407 e. The summed E-state index contributed by atoms with van der Waals surface area (Å²) in [6.07, 6.45) is 1.74. The van der Waals surface area contributed by atoms with Crippen molar-refractivity contribution in [2.24, 2.45) is 11.8 Å². The fourth-order valence-corrected chi connectivity index (χ4v) is 5.01. The van der Waals surface area contributed by atoms with E-state index in [0.717, 1.165) is 24.0 Å². The number of carboxylic acids is 1. The van der Waals surface area contributed by atoms with Crippen LogP contribution in [0.2, 0.25) is 0 Å². The molecule has 0 bridgehead atoms. The van der Waals surface area contributed by atoms with E-state index in [1.807, 2.05) is 45.0 Å². The molecule has 1 fully saturated rings. The molecule has 2 aliphatic carbocycles. The predicted octanol–water partition coefficient (Wildman–Crippen LogP) is 4.65. The van der Waals surface area contributed by atoms with Gasteiger partial charge >= 0.3 is 12.1 Å². The molecule has 7 heteroatoms. The zero-order chi connectivity index (χ0) is 25.2. The van der Waals surface area contributed by atoms with E-state index in [0.29, 0.717) is 12.5 Å². The number of amides is 2. The number of nitrogens with one attached hydrogen (secondary N) is 1. The molecule has 0 saturated heterocycles. The summed E-state index contributed by atoms with van der Waals surface area (Å²) in [7, 11) is 0. The molecule has 0 spiro atoms. The van der Waals surface area contributed by atoms with Crippen LogP contribution in [0.15, 0.2) is 48.5 Å². The Morgan fingerprint density at radius 3 is 2.11 bits per heavy atom. The summed E-state index contributed by atoms with van der Waals surface area (Å²) in [5.74, 6) is -0.925. The van der Waals surface area contributed by atoms with Gasteiger partial charge in [-0.05, 0) is 67.7 Å². The van der Waals surface area contributed by atoms with E-state index < -0.39 is 17.6 Å². The Labute approximate surface area is 206 Å². The average molecular weight is 479 g/mol. The topological polar surface area (TPSA) is 95.9 Å². The molecule has 0 heterocycles. The molecule has 35 heavy (non-hydrogen) atoms.